The Kier molecular flexibility index (Phi) is 21.6. The molecule has 1 heterocycles. The van der Waals surface area contributed by atoms with Gasteiger partial charge in [-0.15, -0.1) is 6.58 Å². The lowest BCUT2D eigenvalue weighted by Crippen LogP contribution is -2.64. The standard InChI is InChI=1S/C53H81NO6S/c1-6-9-10-11-12-13-14-15-16-17-18-19-20-25-35-61-50-39-48(54-58-8-3)46-37-42(26-21-23-32-55)45(27-22-24-33-56)51-47-38-44(59-43-29-28-40(4)41(5)36-43)30-31-49(47)60-53(50,52(46)51)57-34-7-2/h7,28-31,36-38,42,45,50-52,55-56H,2,6,8-27,32-35,39H2,1,3-5H3/t42-,45+,50-,51+,52+,53+/m0/s1. The van der Waals surface area contributed by atoms with Gasteiger partial charge in [0.1, 0.15) is 23.9 Å². The van der Waals surface area contributed by atoms with Gasteiger partial charge in [0, 0.05) is 31.1 Å². The van der Waals surface area contributed by atoms with Crippen LogP contribution in [0.1, 0.15) is 171 Å². The Morgan fingerprint density at radius 1 is 0.787 bits per heavy atom. The molecule has 2 aromatic rings. The fourth-order valence-corrected chi connectivity index (χ4v) is 11.5. The van der Waals surface area contributed by atoms with E-state index in [1.807, 2.05) is 36.9 Å². The first-order valence-electron chi connectivity index (χ1n) is 24.5. The summed E-state index contributed by atoms with van der Waals surface area (Å²) in [7, 11) is 0. The number of aryl methyl sites for hydroxylation is 2. The summed E-state index contributed by atoms with van der Waals surface area (Å²) in [5, 5.41) is 24.7. The third kappa shape index (κ3) is 13.9. The largest absolute Gasteiger partial charge is 0.460 e. The van der Waals surface area contributed by atoms with Gasteiger partial charge >= 0.3 is 0 Å². The molecule has 6 atom stereocenters. The van der Waals surface area contributed by atoms with Crippen molar-refractivity contribution < 1.29 is 29.3 Å². The van der Waals surface area contributed by atoms with E-state index < -0.39 is 5.79 Å². The number of rotatable bonds is 31. The van der Waals surface area contributed by atoms with E-state index in [1.54, 1.807) is 0 Å². The molecule has 340 valence electrons. The summed E-state index contributed by atoms with van der Waals surface area (Å²) in [5.74, 6) is 2.97. The number of benzene rings is 2. The molecule has 0 spiro atoms. The molecule has 0 saturated heterocycles. The smallest absolute Gasteiger partial charge is 0.230 e. The lowest BCUT2D eigenvalue weighted by molar-refractivity contribution is -0.223. The predicted octanol–water partition coefficient (Wildman–Crippen LogP) is 14.0. The topological polar surface area (TPSA) is 89.7 Å². The van der Waals surface area contributed by atoms with Gasteiger partial charge in [-0.25, -0.2) is 0 Å². The summed E-state index contributed by atoms with van der Waals surface area (Å²) in [6.45, 7) is 13.9. The van der Waals surface area contributed by atoms with E-state index >= 15 is 0 Å². The molecule has 3 aliphatic rings. The van der Waals surface area contributed by atoms with Crippen molar-refractivity contribution in [1.29, 1.82) is 0 Å². The van der Waals surface area contributed by atoms with E-state index in [4.69, 9.17) is 24.2 Å². The summed E-state index contributed by atoms with van der Waals surface area (Å²) in [6, 6.07) is 12.6. The van der Waals surface area contributed by atoms with Gasteiger partial charge in [0.25, 0.3) is 0 Å². The Bertz CT molecular complexity index is 1660. The van der Waals surface area contributed by atoms with Crippen LogP contribution < -0.4 is 9.47 Å². The highest BCUT2D eigenvalue weighted by Crippen LogP contribution is 2.62. The maximum atomic E-state index is 9.95. The summed E-state index contributed by atoms with van der Waals surface area (Å²) < 4.78 is 21.1. The molecular weight excluding hydrogens is 779 g/mol. The summed E-state index contributed by atoms with van der Waals surface area (Å²) in [5.41, 5.74) is 5.75. The number of aliphatic hydroxyl groups is 2. The molecule has 0 unspecified atom stereocenters. The third-order valence-electron chi connectivity index (χ3n) is 13.5. The van der Waals surface area contributed by atoms with Crippen LogP contribution in [0.2, 0.25) is 0 Å². The first kappa shape index (κ1) is 49.2. The summed E-state index contributed by atoms with van der Waals surface area (Å²) in [6.07, 6.45) is 29.2. The molecule has 8 heteroatoms. The minimum atomic E-state index is -0.939. The number of hydrogen-bond donors (Lipinski definition) is 2. The monoisotopic (exact) mass is 860 g/mol. The number of aliphatic hydroxyl groups excluding tert-OH is 2. The van der Waals surface area contributed by atoms with Gasteiger partial charge in [-0.3, -0.25) is 0 Å². The quantitative estimate of drug-likeness (QED) is 0.0443. The van der Waals surface area contributed by atoms with Crippen LogP contribution in [0.25, 0.3) is 0 Å². The average Bonchev–Trinajstić information content (AvgIpc) is 3.26. The molecule has 1 fully saturated rings. The van der Waals surface area contributed by atoms with Gasteiger partial charge < -0.3 is 29.3 Å². The van der Waals surface area contributed by atoms with Gasteiger partial charge in [-0.1, -0.05) is 127 Å². The fraction of sp³-hybridized carbons (Fsp3) is 0.679. The van der Waals surface area contributed by atoms with Crippen molar-refractivity contribution >= 4 is 17.5 Å². The Morgan fingerprint density at radius 3 is 2.07 bits per heavy atom. The average molecular weight is 860 g/mol. The zero-order valence-corrected chi connectivity index (χ0v) is 39.3. The molecule has 61 heavy (non-hydrogen) atoms. The first-order valence-corrected chi connectivity index (χ1v) is 25.5. The number of unbranched alkanes of at least 4 members (excludes halogenated alkanes) is 15. The zero-order chi connectivity index (χ0) is 43.3. The maximum Gasteiger partial charge on any atom is 0.230 e. The van der Waals surface area contributed by atoms with Crippen LogP contribution in [0.3, 0.4) is 0 Å². The van der Waals surface area contributed by atoms with Crippen LogP contribution in [0, 0.1) is 31.6 Å². The Labute approximate surface area is 374 Å². The van der Waals surface area contributed by atoms with Crippen LogP contribution >= 0.6 is 11.8 Å². The van der Waals surface area contributed by atoms with E-state index in [0.717, 1.165) is 79.2 Å². The molecular formula is C53H81NO6S. The van der Waals surface area contributed by atoms with Crippen LogP contribution in [0.4, 0.5) is 0 Å². The van der Waals surface area contributed by atoms with Crippen LogP contribution in [0.5, 0.6) is 17.2 Å². The van der Waals surface area contributed by atoms with Gasteiger partial charge in [-0.2, -0.15) is 11.8 Å². The minimum Gasteiger partial charge on any atom is -0.460 e. The van der Waals surface area contributed by atoms with E-state index in [1.165, 1.54) is 100 Å². The third-order valence-corrected chi connectivity index (χ3v) is 14.9. The van der Waals surface area contributed by atoms with Crippen LogP contribution in [-0.4, -0.2) is 59.1 Å². The van der Waals surface area contributed by atoms with Gasteiger partial charge in [-0.05, 0) is 117 Å². The molecule has 0 amide bonds. The summed E-state index contributed by atoms with van der Waals surface area (Å²) >= 11 is 1.98. The van der Waals surface area contributed by atoms with Crippen LogP contribution in [0.15, 0.2) is 65.9 Å². The van der Waals surface area contributed by atoms with Crippen molar-refractivity contribution in [2.24, 2.45) is 22.9 Å². The lowest BCUT2D eigenvalue weighted by atomic mass is 9.56. The molecule has 0 radical (unpaired) electrons. The maximum absolute atomic E-state index is 9.95. The van der Waals surface area contributed by atoms with Crippen molar-refractivity contribution in [3.05, 3.63) is 77.4 Å². The summed E-state index contributed by atoms with van der Waals surface area (Å²) in [4.78, 5) is 5.91. The molecule has 7 nitrogen and oxygen atoms in total. The van der Waals surface area contributed by atoms with E-state index in [2.05, 4.69) is 57.7 Å². The molecule has 0 aromatic heterocycles. The SMILES string of the molecule is C=CCO[C@@]12Oc3ccc(Oc4ccc(C)c(C)c4)cc3[C@H]3[C@H](CCCCO)[C@@H](CCCCO)C=C(C(=NOCC)C[C@@H]1SCCCCCCCCCCCCCCCC)[C@H]32. The number of fused-ring (bicyclic) bond motifs is 2. The Morgan fingerprint density at radius 2 is 1.43 bits per heavy atom. The van der Waals surface area contributed by atoms with Gasteiger partial charge in [0.05, 0.1) is 23.5 Å². The predicted molar refractivity (Wildman–Crippen MR) is 255 cm³/mol. The van der Waals surface area contributed by atoms with Crippen molar-refractivity contribution in [2.75, 3.05) is 32.2 Å². The van der Waals surface area contributed by atoms with Crippen molar-refractivity contribution in [1.82, 2.24) is 0 Å². The molecule has 2 aliphatic carbocycles. The highest BCUT2D eigenvalue weighted by molar-refractivity contribution is 8.00. The zero-order valence-electron chi connectivity index (χ0n) is 38.5. The van der Waals surface area contributed by atoms with Crippen molar-refractivity contribution in [3.8, 4) is 17.2 Å². The van der Waals surface area contributed by atoms with Gasteiger partial charge in [0.2, 0.25) is 5.79 Å². The Balaban J connectivity index is 1.41. The Hall–Kier alpha value is -2.78. The second-order valence-corrected chi connectivity index (χ2v) is 19.3. The highest BCUT2D eigenvalue weighted by atomic mass is 32.2. The number of nitrogens with zero attached hydrogens (tertiary/aromatic N) is 1. The molecule has 1 aliphatic heterocycles. The molecule has 0 bridgehead atoms. The van der Waals surface area contributed by atoms with E-state index in [-0.39, 0.29) is 42.1 Å². The normalized spacial score (nSPS) is 23.5. The minimum absolute atomic E-state index is 0.0121. The second-order valence-electron chi connectivity index (χ2n) is 18.0. The molecule has 2 N–H and O–H groups in total. The van der Waals surface area contributed by atoms with Gasteiger partial charge in [0.15, 0.2) is 0 Å². The first-order chi connectivity index (χ1) is 29.9. The number of thioether (sulfide) groups is 1. The lowest BCUT2D eigenvalue weighted by Gasteiger charge is -2.58. The molecule has 1 saturated carbocycles. The molecule has 2 aromatic carbocycles. The number of allylic oxidation sites excluding steroid dienone is 1. The van der Waals surface area contributed by atoms with Crippen molar-refractivity contribution in [3.63, 3.8) is 0 Å². The van der Waals surface area contributed by atoms with E-state index in [9.17, 15) is 10.2 Å². The van der Waals surface area contributed by atoms with E-state index in [0.29, 0.717) is 19.6 Å². The number of oxime groups is 1. The van der Waals surface area contributed by atoms with Crippen LogP contribution in [-0.2, 0) is 9.57 Å². The fourth-order valence-electron chi connectivity index (χ4n) is 10.1. The highest BCUT2D eigenvalue weighted by Gasteiger charge is 2.64. The number of hydrogen-bond acceptors (Lipinski definition) is 8. The number of ether oxygens (including phenoxy) is 3. The second kappa shape index (κ2) is 26.8. The van der Waals surface area contributed by atoms with Crippen molar-refractivity contribution in [2.45, 2.75) is 179 Å². The molecule has 5 rings (SSSR count).